The molecule has 0 bridgehead atoms. The van der Waals surface area contributed by atoms with Gasteiger partial charge < -0.3 is 5.32 Å². The van der Waals surface area contributed by atoms with Gasteiger partial charge in [-0.15, -0.1) is 0 Å². The standard InChI is InChI=1S/C15H18N2/c1-2-11-6-14(10-16-9-11)13-7-12-4-3-5-17-15(12)8-13/h2,6-7,9-10,12,15,17H,1,3-5,8H2/t12-,15+/m0/s1. The summed E-state index contributed by atoms with van der Waals surface area (Å²) in [4.78, 5) is 4.28. The number of nitrogens with one attached hydrogen (secondary N) is 1. The van der Waals surface area contributed by atoms with E-state index in [1.165, 1.54) is 30.5 Å². The molecule has 0 saturated carbocycles. The minimum absolute atomic E-state index is 0.658. The highest BCUT2D eigenvalue weighted by Gasteiger charge is 2.29. The average molecular weight is 226 g/mol. The molecule has 1 aliphatic heterocycles. The van der Waals surface area contributed by atoms with Crippen molar-refractivity contribution in [3.8, 4) is 0 Å². The number of piperidine rings is 1. The van der Waals surface area contributed by atoms with Crippen LogP contribution >= 0.6 is 0 Å². The largest absolute Gasteiger partial charge is 0.313 e. The number of fused-ring (bicyclic) bond motifs is 1. The maximum atomic E-state index is 4.28. The van der Waals surface area contributed by atoms with Gasteiger partial charge in [-0.3, -0.25) is 4.98 Å². The van der Waals surface area contributed by atoms with Crippen molar-refractivity contribution in [2.75, 3.05) is 6.54 Å². The molecule has 0 amide bonds. The predicted octanol–water partition coefficient (Wildman–Crippen LogP) is 2.88. The first-order chi connectivity index (χ1) is 8.36. The molecule has 0 unspecified atom stereocenters. The molecule has 1 aromatic heterocycles. The Morgan fingerprint density at radius 1 is 1.41 bits per heavy atom. The smallest absolute Gasteiger partial charge is 0.0343 e. The first-order valence-electron chi connectivity index (χ1n) is 6.39. The Balaban J connectivity index is 1.87. The fraction of sp³-hybridized carbons (Fsp3) is 0.400. The molecule has 0 radical (unpaired) electrons. The fourth-order valence-electron chi connectivity index (χ4n) is 2.92. The normalized spacial score (nSPS) is 27.4. The van der Waals surface area contributed by atoms with Gasteiger partial charge in [0, 0.05) is 18.4 Å². The molecule has 1 fully saturated rings. The predicted molar refractivity (Wildman–Crippen MR) is 71.4 cm³/mol. The van der Waals surface area contributed by atoms with Gasteiger partial charge >= 0.3 is 0 Å². The topological polar surface area (TPSA) is 24.9 Å². The quantitative estimate of drug-likeness (QED) is 0.838. The molecule has 2 heterocycles. The van der Waals surface area contributed by atoms with E-state index < -0.39 is 0 Å². The van der Waals surface area contributed by atoms with Crippen LogP contribution in [0.4, 0.5) is 0 Å². The second-order valence-corrected chi connectivity index (χ2v) is 4.97. The maximum absolute atomic E-state index is 4.28. The van der Waals surface area contributed by atoms with E-state index in [-0.39, 0.29) is 0 Å². The van der Waals surface area contributed by atoms with Gasteiger partial charge in [-0.05, 0) is 54.5 Å². The van der Waals surface area contributed by atoms with Gasteiger partial charge in [-0.2, -0.15) is 0 Å². The number of rotatable bonds is 2. The number of hydrogen-bond acceptors (Lipinski definition) is 2. The summed E-state index contributed by atoms with van der Waals surface area (Å²) in [6, 6.07) is 2.84. The summed E-state index contributed by atoms with van der Waals surface area (Å²) in [5.74, 6) is 0.728. The van der Waals surface area contributed by atoms with Crippen LogP contribution < -0.4 is 5.32 Å². The molecule has 17 heavy (non-hydrogen) atoms. The van der Waals surface area contributed by atoms with Crippen LogP contribution in [0.1, 0.15) is 30.4 Å². The van der Waals surface area contributed by atoms with E-state index in [2.05, 4.69) is 29.0 Å². The zero-order valence-electron chi connectivity index (χ0n) is 10.0. The molecule has 2 atom stereocenters. The minimum atomic E-state index is 0.658. The lowest BCUT2D eigenvalue weighted by Crippen LogP contribution is -2.37. The van der Waals surface area contributed by atoms with Crippen LogP contribution in [-0.4, -0.2) is 17.6 Å². The molecule has 0 spiro atoms. The molecule has 3 rings (SSSR count). The van der Waals surface area contributed by atoms with Crippen LogP contribution in [0.3, 0.4) is 0 Å². The van der Waals surface area contributed by atoms with Crippen LogP contribution in [-0.2, 0) is 0 Å². The summed E-state index contributed by atoms with van der Waals surface area (Å²) >= 11 is 0. The summed E-state index contributed by atoms with van der Waals surface area (Å²) in [5, 5.41) is 3.62. The van der Waals surface area contributed by atoms with E-state index in [1.54, 1.807) is 0 Å². The Hall–Kier alpha value is -1.41. The Morgan fingerprint density at radius 3 is 3.18 bits per heavy atom. The zero-order chi connectivity index (χ0) is 11.7. The van der Waals surface area contributed by atoms with Crippen molar-refractivity contribution >= 4 is 11.6 Å². The SMILES string of the molecule is C=Cc1cncc(C2=C[C@@H]3CCCN[C@@H]3C2)c1. The first kappa shape index (κ1) is 10.7. The van der Waals surface area contributed by atoms with Gasteiger partial charge in [0.15, 0.2) is 0 Å². The van der Waals surface area contributed by atoms with E-state index in [0.29, 0.717) is 6.04 Å². The van der Waals surface area contributed by atoms with Gasteiger partial charge in [0.1, 0.15) is 0 Å². The Labute approximate surface area is 102 Å². The van der Waals surface area contributed by atoms with Gasteiger partial charge in [-0.1, -0.05) is 18.7 Å². The highest BCUT2D eigenvalue weighted by Crippen LogP contribution is 2.35. The Kier molecular flexibility index (Phi) is 2.81. The Bertz CT molecular complexity index is 462. The number of hydrogen-bond donors (Lipinski definition) is 1. The highest BCUT2D eigenvalue weighted by atomic mass is 14.9. The van der Waals surface area contributed by atoms with Crippen LogP contribution in [0.15, 0.2) is 31.1 Å². The van der Waals surface area contributed by atoms with E-state index >= 15 is 0 Å². The van der Waals surface area contributed by atoms with Gasteiger partial charge in [-0.25, -0.2) is 0 Å². The van der Waals surface area contributed by atoms with Gasteiger partial charge in [0.05, 0.1) is 0 Å². The lowest BCUT2D eigenvalue weighted by atomic mass is 9.94. The summed E-state index contributed by atoms with van der Waals surface area (Å²) in [6.07, 6.45) is 11.9. The molecular weight excluding hydrogens is 208 g/mol. The van der Waals surface area contributed by atoms with Crippen molar-refractivity contribution in [3.05, 3.63) is 42.2 Å². The van der Waals surface area contributed by atoms with Crippen molar-refractivity contribution in [1.82, 2.24) is 10.3 Å². The molecule has 1 aromatic rings. The molecule has 1 saturated heterocycles. The van der Waals surface area contributed by atoms with Crippen LogP contribution in [0.5, 0.6) is 0 Å². The van der Waals surface area contributed by atoms with Gasteiger partial charge in [0.2, 0.25) is 0 Å². The van der Waals surface area contributed by atoms with Crippen molar-refractivity contribution < 1.29 is 0 Å². The van der Waals surface area contributed by atoms with Gasteiger partial charge in [0.25, 0.3) is 0 Å². The molecule has 88 valence electrons. The van der Waals surface area contributed by atoms with Crippen LogP contribution in [0.2, 0.25) is 0 Å². The monoisotopic (exact) mass is 226 g/mol. The molecule has 2 heteroatoms. The zero-order valence-corrected chi connectivity index (χ0v) is 10.0. The van der Waals surface area contributed by atoms with Crippen molar-refractivity contribution in [2.24, 2.45) is 5.92 Å². The number of nitrogens with zero attached hydrogens (tertiary/aromatic N) is 1. The maximum Gasteiger partial charge on any atom is 0.0343 e. The molecule has 2 nitrogen and oxygen atoms in total. The van der Waals surface area contributed by atoms with Crippen LogP contribution in [0, 0.1) is 5.92 Å². The fourth-order valence-corrected chi connectivity index (χ4v) is 2.92. The molecular formula is C15H18N2. The summed E-state index contributed by atoms with van der Waals surface area (Å²) in [5.41, 5.74) is 3.82. The van der Waals surface area contributed by atoms with Crippen molar-refractivity contribution in [2.45, 2.75) is 25.3 Å². The third-order valence-electron chi connectivity index (χ3n) is 3.86. The highest BCUT2D eigenvalue weighted by molar-refractivity contribution is 5.70. The van der Waals surface area contributed by atoms with E-state index in [9.17, 15) is 0 Å². The summed E-state index contributed by atoms with van der Waals surface area (Å²) in [7, 11) is 0. The van der Waals surface area contributed by atoms with Crippen molar-refractivity contribution in [1.29, 1.82) is 0 Å². The lowest BCUT2D eigenvalue weighted by molar-refractivity contribution is 0.348. The average Bonchev–Trinajstić information content (AvgIpc) is 2.82. The third-order valence-corrected chi connectivity index (χ3v) is 3.86. The minimum Gasteiger partial charge on any atom is -0.313 e. The van der Waals surface area contributed by atoms with E-state index in [1.807, 2.05) is 18.5 Å². The molecule has 1 aliphatic carbocycles. The molecule has 0 aromatic carbocycles. The van der Waals surface area contributed by atoms with E-state index in [0.717, 1.165) is 17.9 Å². The summed E-state index contributed by atoms with van der Waals surface area (Å²) in [6.45, 7) is 4.97. The van der Waals surface area contributed by atoms with Crippen molar-refractivity contribution in [3.63, 3.8) is 0 Å². The molecule has 1 N–H and O–H groups in total. The van der Waals surface area contributed by atoms with Crippen LogP contribution in [0.25, 0.3) is 11.6 Å². The number of pyridine rings is 1. The second-order valence-electron chi connectivity index (χ2n) is 4.97. The van der Waals surface area contributed by atoms with E-state index in [4.69, 9.17) is 0 Å². The Morgan fingerprint density at radius 2 is 2.35 bits per heavy atom. The summed E-state index contributed by atoms with van der Waals surface area (Å²) < 4.78 is 0. The second kappa shape index (κ2) is 4.46. The molecule has 2 aliphatic rings. The lowest BCUT2D eigenvalue weighted by Gasteiger charge is -2.25. The number of aromatic nitrogens is 1. The third kappa shape index (κ3) is 2.05. The first-order valence-corrected chi connectivity index (χ1v) is 6.39.